The first-order chi connectivity index (χ1) is 42.2. The summed E-state index contributed by atoms with van der Waals surface area (Å²) in [5.41, 5.74) is 14.9. The van der Waals surface area contributed by atoms with Crippen LogP contribution in [0.15, 0.2) is 279 Å². The Bertz CT molecular complexity index is 5170. The number of rotatable bonds is 9. The van der Waals surface area contributed by atoms with Crippen LogP contribution in [0.4, 0.5) is 0 Å². The zero-order chi connectivity index (χ0) is 59.4. The first kappa shape index (κ1) is 54.1. The maximum absolute atomic E-state index is 2.51. The van der Waals surface area contributed by atoms with Gasteiger partial charge in [-0.2, -0.15) is 0 Å². The molecule has 0 amide bonds. The summed E-state index contributed by atoms with van der Waals surface area (Å²) in [4.78, 5) is 0. The number of para-hydroxylation sites is 4. The summed E-state index contributed by atoms with van der Waals surface area (Å²) in [7, 11) is 0. The molecule has 0 spiro atoms. The summed E-state index contributed by atoms with van der Waals surface area (Å²) in [6.07, 6.45) is 0. The first-order valence-corrected chi connectivity index (χ1v) is 31.6. The molecule has 16 aromatic rings. The maximum Gasteiger partial charge on any atom is 0.0646 e. The van der Waals surface area contributed by atoms with Gasteiger partial charge in [-0.3, -0.25) is 0 Å². The van der Waals surface area contributed by atoms with Gasteiger partial charge in [0.1, 0.15) is 0 Å². The molecular weight excluding hydrogens is 1070 g/mol. The van der Waals surface area contributed by atoms with Crippen LogP contribution >= 0.6 is 11.3 Å². The van der Waals surface area contributed by atoms with Gasteiger partial charge in [0, 0.05) is 74.7 Å². The molecule has 0 saturated heterocycles. The van der Waals surface area contributed by atoms with E-state index in [4.69, 9.17) is 0 Å². The number of hydrogen-bond acceptors (Lipinski definition) is 1. The van der Waals surface area contributed by atoms with Crippen molar-refractivity contribution < 1.29 is 0 Å². The standard InChI is InChI=1S/C42H36N2.C42H34S/c1-41(2,30-25-27-32(28-26-30)43-37-17-9-5-13-33(37)34-14-6-10-18-38(34)43)29-21-23-31(24-22-29)42(3,4)44-39-19-11-7-15-35(39)36-16-8-12-20-40(36)44;1-41(2,29-24-25-34-32-14-6-5-12-30(32)31-13-7-8-15-33(31)37(34)26-29)27-20-22-28(23-21-27)42(3,4)38-18-11-17-36-35-16-9-10-19-39(35)43-40(36)38/h5-28H,1-4H3;5-26H,1-4H3. The molecule has 0 unspecified atom stereocenters. The van der Waals surface area contributed by atoms with Crippen molar-refractivity contribution in [1.29, 1.82) is 0 Å². The molecule has 0 bridgehead atoms. The van der Waals surface area contributed by atoms with E-state index in [0.717, 1.165) is 0 Å². The van der Waals surface area contributed by atoms with Crippen LogP contribution in [0.3, 0.4) is 0 Å². The second-order valence-corrected chi connectivity index (χ2v) is 27.1. The van der Waals surface area contributed by atoms with Gasteiger partial charge in [0.05, 0.1) is 16.6 Å². The van der Waals surface area contributed by atoms with Crippen molar-refractivity contribution in [1.82, 2.24) is 9.13 Å². The van der Waals surface area contributed by atoms with Crippen LogP contribution in [-0.4, -0.2) is 9.13 Å². The van der Waals surface area contributed by atoms with Crippen molar-refractivity contribution in [3.8, 4) is 5.69 Å². The molecule has 422 valence electrons. The Morgan fingerprint density at radius 3 is 1.10 bits per heavy atom. The van der Waals surface area contributed by atoms with E-state index < -0.39 is 0 Å². The van der Waals surface area contributed by atoms with E-state index in [9.17, 15) is 0 Å². The number of fused-ring (bicyclic) bond motifs is 15. The molecule has 0 aliphatic carbocycles. The minimum absolute atomic E-state index is 0.119. The third-order valence-electron chi connectivity index (χ3n) is 19.8. The fourth-order valence-corrected chi connectivity index (χ4v) is 15.9. The quantitative estimate of drug-likeness (QED) is 0.128. The largest absolute Gasteiger partial charge is 0.331 e. The van der Waals surface area contributed by atoms with Gasteiger partial charge in [0.25, 0.3) is 0 Å². The molecule has 0 saturated carbocycles. The lowest BCUT2D eigenvalue weighted by atomic mass is 9.74. The summed E-state index contributed by atoms with van der Waals surface area (Å²) in [6.45, 7) is 18.8. The van der Waals surface area contributed by atoms with E-state index in [1.54, 1.807) is 0 Å². The van der Waals surface area contributed by atoms with E-state index in [0.29, 0.717) is 0 Å². The third-order valence-corrected chi connectivity index (χ3v) is 21.0. The van der Waals surface area contributed by atoms with Gasteiger partial charge in [0.15, 0.2) is 0 Å². The van der Waals surface area contributed by atoms with Gasteiger partial charge in [-0.25, -0.2) is 0 Å². The third kappa shape index (κ3) is 8.72. The molecule has 3 heteroatoms. The lowest BCUT2D eigenvalue weighted by Crippen LogP contribution is -2.28. The monoisotopic (exact) mass is 1140 g/mol. The second-order valence-electron chi connectivity index (χ2n) is 26.0. The normalized spacial score (nSPS) is 12.6. The van der Waals surface area contributed by atoms with Gasteiger partial charge < -0.3 is 9.13 Å². The van der Waals surface area contributed by atoms with E-state index in [1.807, 2.05) is 11.3 Å². The van der Waals surface area contributed by atoms with Gasteiger partial charge in [-0.1, -0.05) is 272 Å². The Hall–Kier alpha value is -9.54. The summed E-state index contributed by atoms with van der Waals surface area (Å²) in [6, 6.07) is 103. The zero-order valence-electron chi connectivity index (χ0n) is 50.9. The Labute approximate surface area is 514 Å². The lowest BCUT2D eigenvalue weighted by Gasteiger charge is -2.32. The number of hydrogen-bond donors (Lipinski definition) is 0. The molecule has 87 heavy (non-hydrogen) atoms. The Morgan fingerprint density at radius 1 is 0.253 bits per heavy atom. The molecule has 2 nitrogen and oxygen atoms in total. The zero-order valence-corrected chi connectivity index (χ0v) is 51.7. The summed E-state index contributed by atoms with van der Waals surface area (Å²) in [5.74, 6) is 0. The smallest absolute Gasteiger partial charge is 0.0646 e. The summed E-state index contributed by atoms with van der Waals surface area (Å²) in [5, 5.41) is 15.8. The second kappa shape index (κ2) is 20.6. The van der Waals surface area contributed by atoms with Crippen LogP contribution in [-0.2, 0) is 21.8 Å². The molecule has 0 atom stereocenters. The van der Waals surface area contributed by atoms with Gasteiger partial charge in [-0.15, -0.1) is 11.3 Å². The number of aromatic nitrogens is 2. The minimum atomic E-state index is -0.227. The number of benzene rings is 13. The van der Waals surface area contributed by atoms with Crippen LogP contribution < -0.4 is 0 Å². The molecule has 0 aliphatic heterocycles. The van der Waals surface area contributed by atoms with Crippen molar-refractivity contribution in [3.63, 3.8) is 0 Å². The van der Waals surface area contributed by atoms with E-state index in [2.05, 4.69) is 344 Å². The fraction of sp³-hybridized carbons (Fsp3) is 0.143. The van der Waals surface area contributed by atoms with Gasteiger partial charge in [0.2, 0.25) is 0 Å². The molecule has 16 rings (SSSR count). The van der Waals surface area contributed by atoms with E-state index in [1.165, 1.54) is 141 Å². The fourth-order valence-electron chi connectivity index (χ4n) is 14.5. The molecular formula is C84H70N2S. The predicted octanol–water partition coefficient (Wildman–Crippen LogP) is 23.2. The van der Waals surface area contributed by atoms with Crippen molar-refractivity contribution in [2.45, 2.75) is 77.2 Å². The molecule has 0 radical (unpaired) electrons. The Morgan fingerprint density at radius 2 is 0.598 bits per heavy atom. The molecule has 0 fully saturated rings. The van der Waals surface area contributed by atoms with Crippen molar-refractivity contribution in [3.05, 3.63) is 318 Å². The van der Waals surface area contributed by atoms with Gasteiger partial charge >= 0.3 is 0 Å². The van der Waals surface area contributed by atoms with E-state index >= 15 is 0 Å². The number of nitrogens with zero attached hydrogens (tertiary/aromatic N) is 2. The highest BCUT2D eigenvalue weighted by Gasteiger charge is 2.31. The van der Waals surface area contributed by atoms with Gasteiger partial charge in [-0.05, 0) is 134 Å². The predicted molar refractivity (Wildman–Crippen MR) is 376 cm³/mol. The highest BCUT2D eigenvalue weighted by atomic mass is 32.1. The minimum Gasteiger partial charge on any atom is -0.331 e. The topological polar surface area (TPSA) is 9.86 Å². The Kier molecular flexibility index (Phi) is 12.8. The lowest BCUT2D eigenvalue weighted by molar-refractivity contribution is 0.464. The van der Waals surface area contributed by atoms with Crippen molar-refractivity contribution in [2.75, 3.05) is 0 Å². The first-order valence-electron chi connectivity index (χ1n) is 30.7. The average Bonchev–Trinajstić information content (AvgIpc) is 1.99. The maximum atomic E-state index is 2.51. The summed E-state index contributed by atoms with van der Waals surface area (Å²) >= 11 is 1.92. The highest BCUT2D eigenvalue weighted by Crippen LogP contribution is 2.46. The van der Waals surface area contributed by atoms with Crippen LogP contribution in [0.5, 0.6) is 0 Å². The van der Waals surface area contributed by atoms with Crippen LogP contribution in [0.2, 0.25) is 0 Å². The molecule has 0 aliphatic rings. The Balaban J connectivity index is 0.000000147. The molecule has 3 heterocycles. The van der Waals surface area contributed by atoms with Crippen LogP contribution in [0.1, 0.15) is 94.3 Å². The average molecular weight is 1140 g/mol. The van der Waals surface area contributed by atoms with E-state index in [-0.39, 0.29) is 21.8 Å². The SMILES string of the molecule is CC(C)(c1ccc(-n2c3ccccc3c3ccccc32)cc1)c1ccc(C(C)(C)n2c3ccccc3c3ccccc32)cc1.CC(C)(c1ccc(C(C)(C)c2cccc3c2sc2ccccc23)cc1)c1ccc2c3ccccc3c3ccccc3c2c1. The van der Waals surface area contributed by atoms with Crippen molar-refractivity contribution >= 4 is 107 Å². The number of thiophene rings is 1. The molecule has 0 N–H and O–H groups in total. The summed E-state index contributed by atoms with van der Waals surface area (Å²) < 4.78 is 7.64. The molecule has 3 aromatic heterocycles. The highest BCUT2D eigenvalue weighted by molar-refractivity contribution is 7.26. The van der Waals surface area contributed by atoms with Crippen LogP contribution in [0, 0.1) is 0 Å². The van der Waals surface area contributed by atoms with Crippen molar-refractivity contribution in [2.24, 2.45) is 0 Å². The van der Waals surface area contributed by atoms with Crippen LogP contribution in [0.25, 0.3) is 102 Å². The molecule has 13 aromatic carbocycles.